The summed E-state index contributed by atoms with van der Waals surface area (Å²) in [7, 11) is 0. The smallest absolute Gasteiger partial charge is 0.326 e. The average molecular weight is 217 g/mol. The van der Waals surface area contributed by atoms with Gasteiger partial charge in [0.15, 0.2) is 0 Å². The lowest BCUT2D eigenvalue weighted by atomic mass is 10.2. The SMILES string of the molecule is NCCCC(=O)NC(CC(N)=O)C(=O)O. The number of hydrogen-bond donors (Lipinski definition) is 4. The molecule has 15 heavy (non-hydrogen) atoms. The number of hydrogen-bond acceptors (Lipinski definition) is 4. The van der Waals surface area contributed by atoms with Crippen molar-refractivity contribution in [2.75, 3.05) is 6.54 Å². The summed E-state index contributed by atoms with van der Waals surface area (Å²) in [6.45, 7) is 0.348. The molecule has 1 unspecified atom stereocenters. The predicted octanol–water partition coefficient (Wildman–Crippen LogP) is -1.83. The second kappa shape index (κ2) is 6.77. The molecule has 0 heterocycles. The van der Waals surface area contributed by atoms with Crippen molar-refractivity contribution in [1.82, 2.24) is 5.32 Å². The van der Waals surface area contributed by atoms with E-state index in [1.165, 1.54) is 0 Å². The third-order valence-corrected chi connectivity index (χ3v) is 1.65. The van der Waals surface area contributed by atoms with E-state index in [1.54, 1.807) is 0 Å². The van der Waals surface area contributed by atoms with Crippen molar-refractivity contribution in [2.45, 2.75) is 25.3 Å². The van der Waals surface area contributed by atoms with Crippen LogP contribution in [-0.4, -0.2) is 35.5 Å². The number of aliphatic carboxylic acids is 1. The molecular formula is C8H15N3O4. The van der Waals surface area contributed by atoms with Gasteiger partial charge in [-0.25, -0.2) is 4.79 Å². The molecule has 0 saturated heterocycles. The van der Waals surface area contributed by atoms with Crippen molar-refractivity contribution in [3.63, 3.8) is 0 Å². The number of amides is 2. The summed E-state index contributed by atoms with van der Waals surface area (Å²) >= 11 is 0. The molecular weight excluding hydrogens is 202 g/mol. The molecule has 0 saturated carbocycles. The molecule has 0 aliphatic heterocycles. The van der Waals surface area contributed by atoms with Crippen molar-refractivity contribution < 1.29 is 19.5 Å². The van der Waals surface area contributed by atoms with Gasteiger partial charge in [-0.1, -0.05) is 0 Å². The molecule has 1 atom stereocenters. The van der Waals surface area contributed by atoms with Crippen molar-refractivity contribution in [3.8, 4) is 0 Å². The number of nitrogens with one attached hydrogen (secondary N) is 1. The first kappa shape index (κ1) is 13.4. The highest BCUT2D eigenvalue weighted by molar-refractivity contribution is 5.88. The van der Waals surface area contributed by atoms with Crippen LogP contribution >= 0.6 is 0 Å². The number of rotatable bonds is 7. The van der Waals surface area contributed by atoms with E-state index in [0.717, 1.165) is 0 Å². The minimum Gasteiger partial charge on any atom is -0.480 e. The van der Waals surface area contributed by atoms with E-state index < -0.39 is 30.2 Å². The second-order valence-electron chi connectivity index (χ2n) is 3.02. The molecule has 0 fully saturated rings. The van der Waals surface area contributed by atoms with E-state index in [9.17, 15) is 14.4 Å². The van der Waals surface area contributed by atoms with Crippen LogP contribution in [0.2, 0.25) is 0 Å². The van der Waals surface area contributed by atoms with Gasteiger partial charge < -0.3 is 21.9 Å². The van der Waals surface area contributed by atoms with Gasteiger partial charge in [-0.15, -0.1) is 0 Å². The summed E-state index contributed by atoms with van der Waals surface area (Å²) in [5.41, 5.74) is 10.0. The van der Waals surface area contributed by atoms with Gasteiger partial charge in [0, 0.05) is 6.42 Å². The minimum absolute atomic E-state index is 0.138. The Hall–Kier alpha value is -1.63. The summed E-state index contributed by atoms with van der Waals surface area (Å²) in [6, 6.07) is -1.26. The molecule has 7 heteroatoms. The Morgan fingerprint density at radius 1 is 1.33 bits per heavy atom. The van der Waals surface area contributed by atoms with Gasteiger partial charge in [-0.05, 0) is 13.0 Å². The number of primary amides is 1. The second-order valence-corrected chi connectivity index (χ2v) is 3.02. The van der Waals surface area contributed by atoms with E-state index >= 15 is 0 Å². The van der Waals surface area contributed by atoms with Crippen LogP contribution in [0.15, 0.2) is 0 Å². The largest absolute Gasteiger partial charge is 0.480 e. The van der Waals surface area contributed by atoms with Crippen LogP contribution in [0.4, 0.5) is 0 Å². The average Bonchev–Trinajstić information content (AvgIpc) is 2.12. The molecule has 0 aromatic rings. The van der Waals surface area contributed by atoms with Crippen LogP contribution in [0, 0.1) is 0 Å². The summed E-state index contributed by atoms with van der Waals surface area (Å²) in [4.78, 5) is 32.2. The third kappa shape index (κ3) is 6.44. The molecule has 2 amide bonds. The number of carboxylic acid groups (broad SMARTS) is 1. The molecule has 0 bridgehead atoms. The zero-order chi connectivity index (χ0) is 11.8. The molecule has 0 aromatic heterocycles. The van der Waals surface area contributed by atoms with Gasteiger partial charge in [-0.2, -0.15) is 0 Å². The van der Waals surface area contributed by atoms with Crippen molar-refractivity contribution in [1.29, 1.82) is 0 Å². The van der Waals surface area contributed by atoms with E-state index in [4.69, 9.17) is 16.6 Å². The molecule has 0 rings (SSSR count). The van der Waals surface area contributed by atoms with Crippen molar-refractivity contribution in [2.24, 2.45) is 11.5 Å². The van der Waals surface area contributed by atoms with Gasteiger partial charge in [0.25, 0.3) is 0 Å². The standard InChI is InChI=1S/C8H15N3O4/c9-3-1-2-7(13)11-5(8(14)15)4-6(10)12/h5H,1-4,9H2,(H2,10,12)(H,11,13)(H,14,15). The Morgan fingerprint density at radius 2 is 1.93 bits per heavy atom. The lowest BCUT2D eigenvalue weighted by Crippen LogP contribution is -2.43. The fraction of sp³-hybridized carbons (Fsp3) is 0.625. The van der Waals surface area contributed by atoms with Crippen molar-refractivity contribution in [3.05, 3.63) is 0 Å². The normalized spacial score (nSPS) is 11.8. The van der Waals surface area contributed by atoms with E-state index in [0.29, 0.717) is 13.0 Å². The monoisotopic (exact) mass is 217 g/mol. The van der Waals surface area contributed by atoms with Crippen LogP contribution in [0.1, 0.15) is 19.3 Å². The molecule has 86 valence electrons. The van der Waals surface area contributed by atoms with Crippen LogP contribution < -0.4 is 16.8 Å². The van der Waals surface area contributed by atoms with Crippen LogP contribution in [0.5, 0.6) is 0 Å². The van der Waals surface area contributed by atoms with E-state index in [1.807, 2.05) is 0 Å². The van der Waals surface area contributed by atoms with E-state index in [2.05, 4.69) is 5.32 Å². The summed E-state index contributed by atoms with van der Waals surface area (Å²) in [5.74, 6) is -2.51. The summed E-state index contributed by atoms with van der Waals surface area (Å²) < 4.78 is 0. The lowest BCUT2D eigenvalue weighted by molar-refractivity contribution is -0.143. The van der Waals surface area contributed by atoms with Gasteiger partial charge >= 0.3 is 5.97 Å². The van der Waals surface area contributed by atoms with E-state index in [-0.39, 0.29) is 6.42 Å². The fourth-order valence-electron chi connectivity index (χ4n) is 0.930. The number of carbonyl (C=O) groups excluding carboxylic acids is 2. The molecule has 6 N–H and O–H groups in total. The minimum atomic E-state index is -1.28. The Balaban J connectivity index is 4.10. The third-order valence-electron chi connectivity index (χ3n) is 1.65. The van der Waals surface area contributed by atoms with Gasteiger partial charge in [0.2, 0.25) is 11.8 Å². The molecule has 7 nitrogen and oxygen atoms in total. The molecule has 0 aliphatic rings. The van der Waals surface area contributed by atoms with Gasteiger partial charge in [0.05, 0.1) is 6.42 Å². The number of nitrogens with two attached hydrogens (primary N) is 2. The topological polar surface area (TPSA) is 136 Å². The Bertz CT molecular complexity index is 254. The molecule has 0 aliphatic carbocycles. The highest BCUT2D eigenvalue weighted by Crippen LogP contribution is 1.94. The Kier molecular flexibility index (Phi) is 6.03. The maximum Gasteiger partial charge on any atom is 0.326 e. The number of carbonyl (C=O) groups is 3. The zero-order valence-electron chi connectivity index (χ0n) is 8.23. The van der Waals surface area contributed by atoms with Crippen LogP contribution in [-0.2, 0) is 14.4 Å². The summed E-state index contributed by atoms with van der Waals surface area (Å²) in [5, 5.41) is 10.8. The zero-order valence-corrected chi connectivity index (χ0v) is 8.23. The lowest BCUT2D eigenvalue weighted by Gasteiger charge is -2.12. The first-order valence-electron chi connectivity index (χ1n) is 4.48. The number of carboxylic acids is 1. The van der Waals surface area contributed by atoms with Crippen LogP contribution in [0.3, 0.4) is 0 Å². The fourth-order valence-corrected chi connectivity index (χ4v) is 0.930. The predicted molar refractivity (Wildman–Crippen MR) is 51.7 cm³/mol. The van der Waals surface area contributed by atoms with Crippen LogP contribution in [0.25, 0.3) is 0 Å². The van der Waals surface area contributed by atoms with Gasteiger partial charge in [0.1, 0.15) is 6.04 Å². The Labute approximate surface area is 86.8 Å². The van der Waals surface area contributed by atoms with Crippen molar-refractivity contribution >= 4 is 17.8 Å². The maximum atomic E-state index is 11.1. The maximum absolute atomic E-state index is 11.1. The summed E-state index contributed by atoms with van der Waals surface area (Å²) in [6.07, 6.45) is 0.192. The first-order valence-corrected chi connectivity index (χ1v) is 4.48. The quantitative estimate of drug-likeness (QED) is 0.397. The molecule has 0 radical (unpaired) electrons. The highest BCUT2D eigenvalue weighted by atomic mass is 16.4. The molecule has 0 aromatic carbocycles. The van der Waals surface area contributed by atoms with Gasteiger partial charge in [-0.3, -0.25) is 9.59 Å². The first-order chi connectivity index (χ1) is 6.97. The molecule has 0 spiro atoms. The Morgan fingerprint density at radius 3 is 2.33 bits per heavy atom. The highest BCUT2D eigenvalue weighted by Gasteiger charge is 2.21.